The van der Waals surface area contributed by atoms with E-state index in [1.807, 2.05) is 0 Å². The van der Waals surface area contributed by atoms with Gasteiger partial charge in [-0.05, 0) is 0 Å². The Morgan fingerprint density at radius 2 is 1.00 bits per heavy atom. The summed E-state index contributed by atoms with van der Waals surface area (Å²) in [5.74, 6) is 0. The molecule has 0 heterocycles. The monoisotopic (exact) mass is 144 g/mol. The van der Waals surface area contributed by atoms with Crippen molar-refractivity contribution >= 4 is 8.07 Å². The van der Waals surface area contributed by atoms with Crippen LogP contribution in [0.4, 0.5) is 22.0 Å². The molecule has 0 aliphatic heterocycles. The highest BCUT2D eigenvalue weighted by molar-refractivity contribution is 7.47. The SMILES string of the molecule is F.F.O=P(F)(F)F. The van der Waals surface area contributed by atoms with Gasteiger partial charge in [0, 0.05) is 0 Å². The van der Waals surface area contributed by atoms with Gasteiger partial charge in [0.1, 0.15) is 0 Å². The van der Waals surface area contributed by atoms with Crippen LogP contribution in [0.2, 0.25) is 0 Å². The number of hydrogen-bond donors (Lipinski definition) is 0. The second-order valence-corrected chi connectivity index (χ2v) is 1.20. The molecule has 0 aromatic heterocycles. The Morgan fingerprint density at radius 3 is 1.00 bits per heavy atom. The largest absolute Gasteiger partial charge is 0.591 e. The predicted octanol–water partition coefficient (Wildman–Crippen LogP) is 2.31. The van der Waals surface area contributed by atoms with Gasteiger partial charge in [-0.2, -0.15) is 0 Å². The van der Waals surface area contributed by atoms with Crippen molar-refractivity contribution in [3.63, 3.8) is 0 Å². The van der Waals surface area contributed by atoms with Crippen LogP contribution in [0.15, 0.2) is 0 Å². The lowest BCUT2D eigenvalue weighted by molar-refractivity contribution is 0.440. The Labute approximate surface area is 36.0 Å². The van der Waals surface area contributed by atoms with Crippen molar-refractivity contribution in [1.29, 1.82) is 0 Å². The molecule has 0 fully saturated rings. The van der Waals surface area contributed by atoms with E-state index in [9.17, 15) is 12.6 Å². The normalized spacial score (nSPS) is 8.43. The Balaban J connectivity index is -0.0000000800. The summed E-state index contributed by atoms with van der Waals surface area (Å²) in [5, 5.41) is 0. The second-order valence-electron chi connectivity index (χ2n) is 0.399. The molecule has 0 atom stereocenters. The van der Waals surface area contributed by atoms with Gasteiger partial charge in [-0.3, -0.25) is 9.41 Å². The molecule has 0 rings (SSSR count). The van der Waals surface area contributed by atoms with Crippen molar-refractivity contribution in [2.45, 2.75) is 0 Å². The van der Waals surface area contributed by atoms with Crippen LogP contribution in [-0.2, 0) is 4.57 Å². The van der Waals surface area contributed by atoms with Crippen LogP contribution in [-0.4, -0.2) is 0 Å². The molecule has 48 valence electrons. The zero-order valence-electron chi connectivity index (χ0n) is 2.81. The lowest BCUT2D eigenvalue weighted by atomic mass is 16.0. The summed E-state index contributed by atoms with van der Waals surface area (Å²) in [4.78, 5) is 0. The van der Waals surface area contributed by atoms with Crippen molar-refractivity contribution in [2.75, 3.05) is 0 Å². The molecule has 0 saturated carbocycles. The fraction of sp³-hybridized carbons (Fsp3) is 0. The first-order valence-electron chi connectivity index (χ1n) is 0.690. The first kappa shape index (κ1) is 15.8. The van der Waals surface area contributed by atoms with Gasteiger partial charge in [0.15, 0.2) is 0 Å². The quantitative estimate of drug-likeness (QED) is 0.376. The van der Waals surface area contributed by atoms with Crippen LogP contribution in [0.1, 0.15) is 0 Å². The molecular formula is H2F5OP. The Bertz CT molecular complexity index is 54.2. The minimum Gasteiger partial charge on any atom is -0.269 e. The van der Waals surface area contributed by atoms with E-state index in [0.29, 0.717) is 0 Å². The second kappa shape index (κ2) is 4.05. The molecule has 0 N–H and O–H groups in total. The number of hydrogen-bond acceptors (Lipinski definition) is 1. The topological polar surface area (TPSA) is 17.1 Å². The van der Waals surface area contributed by atoms with Crippen LogP contribution in [0.3, 0.4) is 0 Å². The summed E-state index contributed by atoms with van der Waals surface area (Å²) in [7, 11) is -6.14. The molecule has 0 spiro atoms. The molecule has 0 bridgehead atoms. The standard InChI is InChI=1S/F3OP.2FH/c1-5(2,3)4;;/h;2*1H. The molecule has 0 radical (unpaired) electrons. The van der Waals surface area contributed by atoms with E-state index >= 15 is 0 Å². The molecule has 0 unspecified atom stereocenters. The zero-order chi connectivity index (χ0) is 4.50. The fourth-order valence-electron chi connectivity index (χ4n) is 0. The molecule has 1 nitrogen and oxygen atoms in total. The van der Waals surface area contributed by atoms with Crippen LogP contribution >= 0.6 is 8.07 Å². The maximum absolute atomic E-state index is 9.91. The Hall–Kier alpha value is -0.120. The maximum atomic E-state index is 9.91. The van der Waals surface area contributed by atoms with Crippen molar-refractivity contribution in [2.24, 2.45) is 0 Å². The molecule has 7 heavy (non-hydrogen) atoms. The van der Waals surface area contributed by atoms with Crippen LogP contribution in [0, 0.1) is 0 Å². The zero-order valence-corrected chi connectivity index (χ0v) is 3.70. The molecule has 0 aliphatic carbocycles. The van der Waals surface area contributed by atoms with Crippen molar-refractivity contribution < 1.29 is 26.6 Å². The number of rotatable bonds is 0. The van der Waals surface area contributed by atoms with Gasteiger partial charge in [0.25, 0.3) is 0 Å². The van der Waals surface area contributed by atoms with Gasteiger partial charge in [-0.15, -0.1) is 12.6 Å². The molecule has 7 heteroatoms. The minimum absolute atomic E-state index is 0. The van der Waals surface area contributed by atoms with Gasteiger partial charge < -0.3 is 0 Å². The Kier molecular flexibility index (Phi) is 9.14. The molecule has 0 aromatic carbocycles. The third-order valence-electron chi connectivity index (χ3n) is 0. The molecule has 0 aromatic rings. The van der Waals surface area contributed by atoms with Crippen LogP contribution in [0.25, 0.3) is 0 Å². The minimum atomic E-state index is -6.14. The van der Waals surface area contributed by atoms with Crippen molar-refractivity contribution in [3.05, 3.63) is 0 Å². The highest BCUT2D eigenvalue weighted by Gasteiger charge is 2.13. The van der Waals surface area contributed by atoms with Crippen molar-refractivity contribution in [3.8, 4) is 0 Å². The van der Waals surface area contributed by atoms with E-state index in [0.717, 1.165) is 0 Å². The van der Waals surface area contributed by atoms with E-state index in [4.69, 9.17) is 4.57 Å². The first-order valence-corrected chi connectivity index (χ1v) is 2.07. The average Bonchev–Trinajstić information content (AvgIpc) is 0.722. The molecule has 0 amide bonds. The summed E-state index contributed by atoms with van der Waals surface area (Å²) in [5.41, 5.74) is 0. The fourth-order valence-corrected chi connectivity index (χ4v) is 0. The predicted molar refractivity (Wildman–Crippen MR) is 15.9 cm³/mol. The van der Waals surface area contributed by atoms with E-state index in [2.05, 4.69) is 0 Å². The molecule has 0 saturated heterocycles. The lowest BCUT2D eigenvalue weighted by Crippen LogP contribution is -1.30. The van der Waals surface area contributed by atoms with Crippen LogP contribution < -0.4 is 0 Å². The van der Waals surface area contributed by atoms with Gasteiger partial charge in [-0.1, -0.05) is 0 Å². The van der Waals surface area contributed by atoms with E-state index < -0.39 is 8.07 Å². The molecular weight excluding hydrogens is 142 g/mol. The van der Waals surface area contributed by atoms with Gasteiger partial charge >= 0.3 is 8.07 Å². The Morgan fingerprint density at radius 1 is 1.00 bits per heavy atom. The smallest absolute Gasteiger partial charge is 0.269 e. The summed E-state index contributed by atoms with van der Waals surface area (Å²) in [6.45, 7) is 0. The first-order chi connectivity index (χ1) is 2.00. The summed E-state index contributed by atoms with van der Waals surface area (Å²) in [6.07, 6.45) is 0. The van der Waals surface area contributed by atoms with Crippen molar-refractivity contribution in [1.82, 2.24) is 0 Å². The molecule has 0 aliphatic rings. The van der Waals surface area contributed by atoms with Gasteiger partial charge in [0.05, 0.1) is 0 Å². The van der Waals surface area contributed by atoms with E-state index in [1.54, 1.807) is 0 Å². The van der Waals surface area contributed by atoms with Crippen LogP contribution in [0.5, 0.6) is 0 Å². The van der Waals surface area contributed by atoms with E-state index in [1.165, 1.54) is 0 Å². The highest BCUT2D eigenvalue weighted by Crippen LogP contribution is 2.50. The van der Waals surface area contributed by atoms with Gasteiger partial charge in [0.2, 0.25) is 0 Å². The van der Waals surface area contributed by atoms with E-state index in [-0.39, 0.29) is 9.41 Å². The summed E-state index contributed by atoms with van der Waals surface area (Å²) in [6, 6.07) is 0. The maximum Gasteiger partial charge on any atom is 0.591 e. The number of halogens is 5. The average molecular weight is 144 g/mol. The third kappa shape index (κ3) is 6150. The lowest BCUT2D eigenvalue weighted by Gasteiger charge is -1.68. The highest BCUT2D eigenvalue weighted by atomic mass is 31.3. The van der Waals surface area contributed by atoms with Gasteiger partial charge in [-0.25, -0.2) is 4.57 Å². The third-order valence-corrected chi connectivity index (χ3v) is 0. The summed E-state index contributed by atoms with van der Waals surface area (Å²) >= 11 is 0. The summed E-state index contributed by atoms with van der Waals surface area (Å²) < 4.78 is 37.9.